The molecule has 0 unspecified atom stereocenters. The summed E-state index contributed by atoms with van der Waals surface area (Å²) >= 11 is 7.96. The number of benzene rings is 2. The summed E-state index contributed by atoms with van der Waals surface area (Å²) in [6, 6.07) is 18.1. The van der Waals surface area contributed by atoms with E-state index in [2.05, 4.69) is 22.1 Å². The fraction of sp³-hybridized carbons (Fsp3) is 0. The van der Waals surface area contributed by atoms with Crippen molar-refractivity contribution in [3.8, 4) is 21.7 Å². The second-order valence-corrected chi connectivity index (χ2v) is 6.36. The molecule has 0 amide bonds. The van der Waals surface area contributed by atoms with Gasteiger partial charge >= 0.3 is 0 Å². The van der Waals surface area contributed by atoms with Gasteiger partial charge in [-0.2, -0.15) is 0 Å². The SMILES string of the molecule is Clc1ccccc1-c1ccc2nc(-c3cccnc3)sc2c1. The number of halogens is 1. The summed E-state index contributed by atoms with van der Waals surface area (Å²) in [5.74, 6) is 0. The summed E-state index contributed by atoms with van der Waals surface area (Å²) in [6.45, 7) is 0. The Hall–Kier alpha value is -2.23. The molecule has 0 spiro atoms. The van der Waals surface area contributed by atoms with Gasteiger partial charge in [0.2, 0.25) is 0 Å². The molecule has 0 saturated heterocycles. The van der Waals surface area contributed by atoms with Gasteiger partial charge < -0.3 is 0 Å². The lowest BCUT2D eigenvalue weighted by Gasteiger charge is -2.03. The maximum Gasteiger partial charge on any atom is 0.126 e. The van der Waals surface area contributed by atoms with Crippen LogP contribution in [0.2, 0.25) is 5.02 Å². The fourth-order valence-electron chi connectivity index (χ4n) is 2.40. The summed E-state index contributed by atoms with van der Waals surface area (Å²) in [6.07, 6.45) is 3.61. The molecule has 0 atom stereocenters. The van der Waals surface area contributed by atoms with Crippen LogP contribution in [0.25, 0.3) is 31.9 Å². The predicted molar refractivity (Wildman–Crippen MR) is 93.3 cm³/mol. The minimum absolute atomic E-state index is 0.763. The van der Waals surface area contributed by atoms with Crippen LogP contribution in [0.3, 0.4) is 0 Å². The standard InChI is InChI=1S/C18H11ClN2S/c19-15-6-2-1-5-14(15)12-7-8-16-17(10-12)22-18(21-16)13-4-3-9-20-11-13/h1-11H. The molecule has 2 aromatic carbocycles. The van der Waals surface area contributed by atoms with Crippen LogP contribution >= 0.6 is 22.9 Å². The second kappa shape index (κ2) is 5.52. The van der Waals surface area contributed by atoms with Crippen LogP contribution in [0.15, 0.2) is 67.0 Å². The molecule has 4 rings (SSSR count). The monoisotopic (exact) mass is 322 g/mol. The van der Waals surface area contributed by atoms with Gasteiger partial charge in [0.25, 0.3) is 0 Å². The normalized spacial score (nSPS) is 11.0. The van der Waals surface area contributed by atoms with Gasteiger partial charge in [-0.1, -0.05) is 35.9 Å². The van der Waals surface area contributed by atoms with Gasteiger partial charge in [-0.15, -0.1) is 11.3 Å². The van der Waals surface area contributed by atoms with E-state index in [-0.39, 0.29) is 0 Å². The zero-order valence-corrected chi connectivity index (χ0v) is 13.1. The highest BCUT2D eigenvalue weighted by Crippen LogP contribution is 2.34. The van der Waals surface area contributed by atoms with Crippen molar-refractivity contribution >= 4 is 33.2 Å². The number of hydrogen-bond acceptors (Lipinski definition) is 3. The largest absolute Gasteiger partial charge is 0.264 e. The van der Waals surface area contributed by atoms with Crippen LogP contribution in [0, 0.1) is 0 Å². The molecule has 106 valence electrons. The van der Waals surface area contributed by atoms with Crippen LogP contribution < -0.4 is 0 Å². The van der Waals surface area contributed by atoms with Gasteiger partial charge in [-0.05, 0) is 35.9 Å². The second-order valence-electron chi connectivity index (χ2n) is 4.92. The number of aromatic nitrogens is 2. The number of nitrogens with zero attached hydrogens (tertiary/aromatic N) is 2. The van der Waals surface area contributed by atoms with E-state index in [1.54, 1.807) is 17.5 Å². The molecular formula is C18H11ClN2S. The summed E-state index contributed by atoms with van der Waals surface area (Å²) in [7, 11) is 0. The van der Waals surface area contributed by atoms with Crippen molar-refractivity contribution in [1.29, 1.82) is 0 Å². The maximum atomic E-state index is 6.29. The number of hydrogen-bond donors (Lipinski definition) is 0. The topological polar surface area (TPSA) is 25.8 Å². The fourth-order valence-corrected chi connectivity index (χ4v) is 3.64. The van der Waals surface area contributed by atoms with Crippen molar-refractivity contribution in [1.82, 2.24) is 9.97 Å². The van der Waals surface area contributed by atoms with Gasteiger partial charge in [-0.3, -0.25) is 4.98 Å². The van der Waals surface area contributed by atoms with Crippen molar-refractivity contribution in [2.24, 2.45) is 0 Å². The quantitative estimate of drug-likeness (QED) is 0.474. The Kier molecular flexibility index (Phi) is 3.37. The Labute approximate surface area is 137 Å². The molecule has 0 radical (unpaired) electrons. The molecule has 2 heterocycles. The zero-order chi connectivity index (χ0) is 14.9. The highest BCUT2D eigenvalue weighted by Gasteiger charge is 2.09. The lowest BCUT2D eigenvalue weighted by atomic mass is 10.1. The van der Waals surface area contributed by atoms with E-state index in [9.17, 15) is 0 Å². The van der Waals surface area contributed by atoms with E-state index in [0.717, 1.165) is 36.9 Å². The van der Waals surface area contributed by atoms with Crippen LogP contribution in [-0.2, 0) is 0 Å². The van der Waals surface area contributed by atoms with Crippen LogP contribution in [0.4, 0.5) is 0 Å². The van der Waals surface area contributed by atoms with Gasteiger partial charge in [0.15, 0.2) is 0 Å². The molecule has 22 heavy (non-hydrogen) atoms. The van der Waals surface area contributed by atoms with E-state index >= 15 is 0 Å². The molecule has 0 N–H and O–H groups in total. The first-order valence-electron chi connectivity index (χ1n) is 6.87. The Morgan fingerprint density at radius 2 is 1.82 bits per heavy atom. The molecule has 4 heteroatoms. The molecule has 0 saturated carbocycles. The van der Waals surface area contributed by atoms with Gasteiger partial charge in [0, 0.05) is 28.5 Å². The van der Waals surface area contributed by atoms with Gasteiger partial charge in [0.1, 0.15) is 5.01 Å². The van der Waals surface area contributed by atoms with Gasteiger partial charge in [0.05, 0.1) is 10.2 Å². The predicted octanol–water partition coefficient (Wildman–Crippen LogP) is 5.68. The van der Waals surface area contributed by atoms with Gasteiger partial charge in [-0.25, -0.2) is 4.98 Å². The summed E-state index contributed by atoms with van der Waals surface area (Å²) in [4.78, 5) is 8.84. The molecule has 0 aliphatic carbocycles. The average Bonchev–Trinajstić information content (AvgIpc) is 2.99. The van der Waals surface area contributed by atoms with Crippen molar-refractivity contribution in [3.63, 3.8) is 0 Å². The third-order valence-electron chi connectivity index (χ3n) is 3.48. The smallest absolute Gasteiger partial charge is 0.126 e. The Morgan fingerprint density at radius 1 is 0.909 bits per heavy atom. The lowest BCUT2D eigenvalue weighted by molar-refractivity contribution is 1.32. The summed E-state index contributed by atoms with van der Waals surface area (Å²) in [5.41, 5.74) is 4.20. The Morgan fingerprint density at radius 3 is 2.64 bits per heavy atom. The first-order valence-corrected chi connectivity index (χ1v) is 8.06. The van der Waals surface area contributed by atoms with Crippen molar-refractivity contribution < 1.29 is 0 Å². The average molecular weight is 323 g/mol. The molecule has 2 aromatic heterocycles. The Balaban J connectivity index is 1.84. The van der Waals surface area contributed by atoms with E-state index < -0.39 is 0 Å². The number of pyridine rings is 1. The Bertz CT molecular complexity index is 948. The maximum absolute atomic E-state index is 6.29. The molecule has 0 bridgehead atoms. The number of rotatable bonds is 2. The first kappa shape index (κ1) is 13.4. The van der Waals surface area contributed by atoms with E-state index in [4.69, 9.17) is 11.6 Å². The third kappa shape index (κ3) is 2.39. The minimum Gasteiger partial charge on any atom is -0.264 e. The first-order chi connectivity index (χ1) is 10.8. The van der Waals surface area contributed by atoms with E-state index in [0.29, 0.717) is 0 Å². The highest BCUT2D eigenvalue weighted by molar-refractivity contribution is 7.21. The van der Waals surface area contributed by atoms with Crippen molar-refractivity contribution in [2.75, 3.05) is 0 Å². The molecule has 0 fully saturated rings. The van der Waals surface area contributed by atoms with Crippen LogP contribution in [-0.4, -0.2) is 9.97 Å². The van der Waals surface area contributed by atoms with E-state index in [1.165, 1.54) is 0 Å². The summed E-state index contributed by atoms with van der Waals surface area (Å²) < 4.78 is 1.15. The van der Waals surface area contributed by atoms with Crippen LogP contribution in [0.5, 0.6) is 0 Å². The van der Waals surface area contributed by atoms with Crippen LogP contribution in [0.1, 0.15) is 0 Å². The van der Waals surface area contributed by atoms with Crippen molar-refractivity contribution in [3.05, 3.63) is 72.0 Å². The molecule has 4 aromatic rings. The summed E-state index contributed by atoms with van der Waals surface area (Å²) in [5, 5.41) is 1.75. The molecule has 0 aliphatic rings. The van der Waals surface area contributed by atoms with E-state index in [1.807, 2.05) is 48.7 Å². The molecular weight excluding hydrogens is 312 g/mol. The number of thiazole rings is 1. The lowest BCUT2D eigenvalue weighted by Crippen LogP contribution is -1.79. The van der Waals surface area contributed by atoms with Crippen molar-refractivity contribution in [2.45, 2.75) is 0 Å². The number of fused-ring (bicyclic) bond motifs is 1. The molecule has 0 aliphatic heterocycles. The minimum atomic E-state index is 0.763. The molecule has 2 nitrogen and oxygen atoms in total. The zero-order valence-electron chi connectivity index (χ0n) is 11.5. The third-order valence-corrected chi connectivity index (χ3v) is 4.88. The highest BCUT2D eigenvalue weighted by atomic mass is 35.5.